The summed E-state index contributed by atoms with van der Waals surface area (Å²) >= 11 is -2.51. The zero-order valence-corrected chi connectivity index (χ0v) is 12.3. The average molecular weight is 273 g/mol. The molecule has 0 aliphatic heterocycles. The van der Waals surface area contributed by atoms with Gasteiger partial charge in [-0.1, -0.05) is 0 Å². The average Bonchev–Trinajstić information content (AvgIpc) is 2.15. The first-order valence-electron chi connectivity index (χ1n) is 3.66. The number of ether oxygens (including phenoxy) is 1. The molecule has 1 atom stereocenters. The van der Waals surface area contributed by atoms with Gasteiger partial charge in [0.1, 0.15) is 10.6 Å². The summed E-state index contributed by atoms with van der Waals surface area (Å²) in [5.41, 5.74) is 0. The molecule has 16 heavy (non-hydrogen) atoms. The summed E-state index contributed by atoms with van der Waals surface area (Å²) in [6, 6.07) is 3.39. The maximum atomic E-state index is 11.1. The van der Waals surface area contributed by atoms with Crippen LogP contribution in [0, 0.1) is 0 Å². The van der Waals surface area contributed by atoms with E-state index in [-0.39, 0.29) is 45.1 Å². The van der Waals surface area contributed by atoms with Crippen molar-refractivity contribution in [2.75, 3.05) is 7.11 Å². The van der Waals surface area contributed by atoms with E-state index >= 15 is 0 Å². The van der Waals surface area contributed by atoms with E-state index in [4.69, 9.17) is 9.88 Å². The quantitative estimate of drug-likeness (QED) is 0.455. The Morgan fingerprint density at radius 3 is 2.38 bits per heavy atom. The molecule has 2 N–H and O–H groups in total. The molecule has 0 aliphatic rings. The Morgan fingerprint density at radius 2 is 2.00 bits per heavy atom. The summed E-state index contributed by atoms with van der Waals surface area (Å²) in [5.74, 6) is 0.00620. The SMILES string of the molecule is COc1ccc(S(=O)[O-])cc1S(N)(=O)=O.[Na+]. The second-order valence-electron chi connectivity index (χ2n) is 2.59. The summed E-state index contributed by atoms with van der Waals surface area (Å²) in [6.45, 7) is 0. The minimum absolute atomic E-state index is 0. The van der Waals surface area contributed by atoms with Crippen molar-refractivity contribution in [3.63, 3.8) is 0 Å². The van der Waals surface area contributed by atoms with Crippen LogP contribution in [0.1, 0.15) is 0 Å². The predicted molar refractivity (Wildman–Crippen MR) is 51.6 cm³/mol. The zero-order valence-electron chi connectivity index (χ0n) is 8.67. The molecule has 1 rings (SSSR count). The Balaban J connectivity index is 0.00000225. The van der Waals surface area contributed by atoms with E-state index in [1.807, 2.05) is 0 Å². The molecule has 9 heteroatoms. The second kappa shape index (κ2) is 6.10. The topological polar surface area (TPSA) is 110 Å². The van der Waals surface area contributed by atoms with Crippen LogP contribution in [-0.2, 0) is 21.1 Å². The third kappa shape index (κ3) is 3.81. The van der Waals surface area contributed by atoms with Crippen molar-refractivity contribution in [2.45, 2.75) is 9.79 Å². The summed E-state index contributed by atoms with van der Waals surface area (Å²) in [4.78, 5) is -0.522. The van der Waals surface area contributed by atoms with Gasteiger partial charge >= 0.3 is 29.6 Å². The van der Waals surface area contributed by atoms with E-state index in [0.717, 1.165) is 6.07 Å². The van der Waals surface area contributed by atoms with Crippen molar-refractivity contribution in [3.05, 3.63) is 18.2 Å². The van der Waals surface area contributed by atoms with Gasteiger partial charge in [-0.3, -0.25) is 4.21 Å². The number of rotatable bonds is 3. The summed E-state index contributed by atoms with van der Waals surface area (Å²) in [5, 5.41) is 4.89. The van der Waals surface area contributed by atoms with Crippen LogP contribution in [0.25, 0.3) is 0 Å². The van der Waals surface area contributed by atoms with Gasteiger partial charge in [-0.05, 0) is 29.3 Å². The van der Waals surface area contributed by atoms with Crippen LogP contribution >= 0.6 is 0 Å². The van der Waals surface area contributed by atoms with Gasteiger partial charge in [0.25, 0.3) is 0 Å². The molecule has 1 aromatic rings. The Kier molecular flexibility index (Phi) is 6.12. The van der Waals surface area contributed by atoms with E-state index in [2.05, 4.69) is 0 Å². The standard InChI is InChI=1S/C7H9NO5S2.Na/c1-13-6-3-2-5(14(9)10)4-7(6)15(8,11)12;/h2-4H,1H3,(H,9,10)(H2,8,11,12);/q;+1/p-1. The van der Waals surface area contributed by atoms with Crippen molar-refractivity contribution in [1.29, 1.82) is 0 Å². The summed E-state index contributed by atoms with van der Waals surface area (Å²) < 4.78 is 48.1. The van der Waals surface area contributed by atoms with Gasteiger partial charge in [0.15, 0.2) is 0 Å². The van der Waals surface area contributed by atoms with Crippen molar-refractivity contribution < 1.29 is 51.5 Å². The fourth-order valence-electron chi connectivity index (χ4n) is 0.983. The maximum absolute atomic E-state index is 11.1. The van der Waals surface area contributed by atoms with Crippen LogP contribution < -0.4 is 39.4 Å². The Hall–Kier alpha value is 0.0400. The van der Waals surface area contributed by atoms with Crippen molar-refractivity contribution in [2.24, 2.45) is 5.14 Å². The van der Waals surface area contributed by atoms with Gasteiger partial charge < -0.3 is 9.29 Å². The minimum atomic E-state index is -4.00. The third-order valence-electron chi connectivity index (χ3n) is 1.63. The van der Waals surface area contributed by atoms with Crippen LogP contribution in [0.2, 0.25) is 0 Å². The summed E-state index contributed by atoms with van der Waals surface area (Å²) in [7, 11) is -2.74. The number of hydrogen-bond acceptors (Lipinski definition) is 5. The molecule has 0 amide bonds. The van der Waals surface area contributed by atoms with Crippen molar-refractivity contribution in [1.82, 2.24) is 0 Å². The number of methoxy groups -OCH3 is 1. The van der Waals surface area contributed by atoms with Crippen LogP contribution in [0.3, 0.4) is 0 Å². The van der Waals surface area contributed by atoms with E-state index in [0.29, 0.717) is 0 Å². The fourth-order valence-corrected chi connectivity index (χ4v) is 2.17. The molecule has 0 spiro atoms. The third-order valence-corrected chi connectivity index (χ3v) is 3.20. The van der Waals surface area contributed by atoms with Crippen LogP contribution in [-0.4, -0.2) is 24.3 Å². The predicted octanol–water partition coefficient (Wildman–Crippen LogP) is -3.42. The number of sulfonamides is 1. The first-order chi connectivity index (χ1) is 6.86. The fraction of sp³-hybridized carbons (Fsp3) is 0.143. The van der Waals surface area contributed by atoms with Crippen LogP contribution in [0.5, 0.6) is 5.75 Å². The maximum Gasteiger partial charge on any atom is 1.00 e. The molecule has 6 nitrogen and oxygen atoms in total. The molecule has 1 aromatic carbocycles. The number of hydrogen-bond donors (Lipinski definition) is 1. The molecule has 0 heterocycles. The summed E-state index contributed by atoms with van der Waals surface area (Å²) in [6.07, 6.45) is 0. The molecule has 84 valence electrons. The van der Waals surface area contributed by atoms with Gasteiger partial charge in [-0.25, -0.2) is 13.6 Å². The number of benzene rings is 1. The molecule has 0 fully saturated rings. The van der Waals surface area contributed by atoms with Crippen LogP contribution in [0.15, 0.2) is 28.0 Å². The largest absolute Gasteiger partial charge is 1.00 e. The normalized spacial score (nSPS) is 12.7. The molecule has 0 saturated heterocycles. The van der Waals surface area contributed by atoms with Gasteiger partial charge in [0, 0.05) is 4.90 Å². The minimum Gasteiger partial charge on any atom is -0.768 e. The molecular formula is C7H8NNaO5S2. The molecular weight excluding hydrogens is 265 g/mol. The van der Waals surface area contributed by atoms with E-state index < -0.39 is 21.1 Å². The van der Waals surface area contributed by atoms with Gasteiger partial charge in [0.2, 0.25) is 10.0 Å². The van der Waals surface area contributed by atoms with E-state index in [9.17, 15) is 17.2 Å². The number of primary sulfonamides is 1. The molecule has 1 unspecified atom stereocenters. The Morgan fingerprint density at radius 1 is 1.44 bits per heavy atom. The first kappa shape index (κ1) is 16.0. The van der Waals surface area contributed by atoms with Gasteiger partial charge in [-0.15, -0.1) is 0 Å². The number of nitrogens with two attached hydrogens (primary N) is 1. The monoisotopic (exact) mass is 273 g/mol. The van der Waals surface area contributed by atoms with Crippen molar-refractivity contribution in [3.8, 4) is 5.75 Å². The zero-order chi connectivity index (χ0) is 11.6. The first-order valence-corrected chi connectivity index (χ1v) is 6.28. The molecule has 0 aromatic heterocycles. The second-order valence-corrected chi connectivity index (χ2v) is 5.06. The van der Waals surface area contributed by atoms with Crippen LogP contribution in [0.4, 0.5) is 0 Å². The van der Waals surface area contributed by atoms with Gasteiger partial charge in [0.05, 0.1) is 7.11 Å². The Labute approximate surface area is 118 Å². The van der Waals surface area contributed by atoms with E-state index in [1.54, 1.807) is 0 Å². The van der Waals surface area contributed by atoms with Crippen molar-refractivity contribution >= 4 is 21.1 Å². The van der Waals surface area contributed by atoms with Gasteiger partial charge in [-0.2, -0.15) is 0 Å². The van der Waals surface area contributed by atoms with E-state index in [1.165, 1.54) is 19.2 Å². The molecule has 0 saturated carbocycles. The smallest absolute Gasteiger partial charge is 0.768 e. The molecule has 0 aliphatic carbocycles. The Bertz CT molecular complexity index is 501. The molecule has 0 radical (unpaired) electrons. The molecule has 0 bridgehead atoms.